The molecule has 1 aliphatic rings. The SMILES string of the molecule is O=C(O)[C@H]1CC=CC[C@@H]1C(=O)NCc1cccs1. The van der Waals surface area contributed by atoms with Gasteiger partial charge in [0.25, 0.3) is 0 Å². The van der Waals surface area contributed by atoms with Crippen LogP contribution in [-0.4, -0.2) is 17.0 Å². The minimum absolute atomic E-state index is 0.167. The first kappa shape index (κ1) is 12.8. The van der Waals surface area contributed by atoms with Crippen molar-refractivity contribution in [3.63, 3.8) is 0 Å². The van der Waals surface area contributed by atoms with E-state index < -0.39 is 17.8 Å². The molecule has 0 bridgehead atoms. The summed E-state index contributed by atoms with van der Waals surface area (Å²) in [6.07, 6.45) is 4.66. The predicted octanol–water partition coefficient (Wildman–Crippen LogP) is 2.03. The molecule has 1 aromatic rings. The van der Waals surface area contributed by atoms with Crippen molar-refractivity contribution in [1.82, 2.24) is 5.32 Å². The Balaban J connectivity index is 1.94. The summed E-state index contributed by atoms with van der Waals surface area (Å²) in [5, 5.41) is 13.9. The number of allylic oxidation sites excluding steroid dienone is 2. The molecule has 1 aliphatic carbocycles. The number of rotatable bonds is 4. The molecule has 0 unspecified atom stereocenters. The number of aliphatic carboxylic acids is 1. The van der Waals surface area contributed by atoms with E-state index in [1.54, 1.807) is 11.3 Å². The van der Waals surface area contributed by atoms with Crippen molar-refractivity contribution in [2.45, 2.75) is 19.4 Å². The highest BCUT2D eigenvalue weighted by Crippen LogP contribution is 2.26. The van der Waals surface area contributed by atoms with Crippen LogP contribution in [0.1, 0.15) is 17.7 Å². The number of thiophene rings is 1. The summed E-state index contributed by atoms with van der Waals surface area (Å²) in [7, 11) is 0. The molecule has 96 valence electrons. The summed E-state index contributed by atoms with van der Waals surface area (Å²) in [5.41, 5.74) is 0. The van der Waals surface area contributed by atoms with E-state index in [-0.39, 0.29) is 5.91 Å². The maximum Gasteiger partial charge on any atom is 0.307 e. The van der Waals surface area contributed by atoms with Crippen LogP contribution < -0.4 is 5.32 Å². The average molecular weight is 265 g/mol. The molecule has 1 amide bonds. The van der Waals surface area contributed by atoms with Crippen LogP contribution in [0.5, 0.6) is 0 Å². The smallest absolute Gasteiger partial charge is 0.307 e. The van der Waals surface area contributed by atoms with E-state index in [4.69, 9.17) is 5.11 Å². The number of carbonyl (C=O) groups excluding carboxylic acids is 1. The van der Waals surface area contributed by atoms with Crippen LogP contribution in [0.4, 0.5) is 0 Å². The van der Waals surface area contributed by atoms with E-state index >= 15 is 0 Å². The van der Waals surface area contributed by atoms with Gasteiger partial charge >= 0.3 is 5.97 Å². The molecule has 18 heavy (non-hydrogen) atoms. The number of amides is 1. The van der Waals surface area contributed by atoms with Gasteiger partial charge in [0.1, 0.15) is 0 Å². The normalized spacial score (nSPS) is 22.7. The predicted molar refractivity (Wildman–Crippen MR) is 69.2 cm³/mol. The lowest BCUT2D eigenvalue weighted by atomic mass is 9.82. The lowest BCUT2D eigenvalue weighted by Gasteiger charge is -2.24. The van der Waals surface area contributed by atoms with Crippen molar-refractivity contribution >= 4 is 23.2 Å². The van der Waals surface area contributed by atoms with Crippen LogP contribution in [0.25, 0.3) is 0 Å². The average Bonchev–Trinajstić information content (AvgIpc) is 2.89. The van der Waals surface area contributed by atoms with Crippen molar-refractivity contribution < 1.29 is 14.7 Å². The van der Waals surface area contributed by atoms with Gasteiger partial charge in [-0.3, -0.25) is 9.59 Å². The lowest BCUT2D eigenvalue weighted by molar-refractivity contribution is -0.147. The fourth-order valence-electron chi connectivity index (χ4n) is 2.10. The fourth-order valence-corrected chi connectivity index (χ4v) is 2.74. The third kappa shape index (κ3) is 2.98. The fraction of sp³-hybridized carbons (Fsp3) is 0.385. The molecule has 2 N–H and O–H groups in total. The molecule has 1 aromatic heterocycles. The van der Waals surface area contributed by atoms with Gasteiger partial charge in [-0.15, -0.1) is 11.3 Å². The zero-order chi connectivity index (χ0) is 13.0. The monoisotopic (exact) mass is 265 g/mol. The molecule has 1 heterocycles. The van der Waals surface area contributed by atoms with E-state index in [9.17, 15) is 9.59 Å². The number of hydrogen-bond acceptors (Lipinski definition) is 3. The summed E-state index contributed by atoms with van der Waals surface area (Å²) in [4.78, 5) is 24.2. The van der Waals surface area contributed by atoms with Gasteiger partial charge in [0.2, 0.25) is 5.91 Å². The molecular formula is C13H15NO3S. The maximum absolute atomic E-state index is 12.0. The van der Waals surface area contributed by atoms with Crippen molar-refractivity contribution in [2.24, 2.45) is 11.8 Å². The third-order valence-corrected chi connectivity index (χ3v) is 3.98. The van der Waals surface area contributed by atoms with Gasteiger partial charge in [0.15, 0.2) is 0 Å². The highest BCUT2D eigenvalue weighted by Gasteiger charge is 2.33. The van der Waals surface area contributed by atoms with Crippen LogP contribution in [0.15, 0.2) is 29.7 Å². The number of carbonyl (C=O) groups is 2. The van der Waals surface area contributed by atoms with E-state index in [2.05, 4.69) is 5.32 Å². The Hall–Kier alpha value is -1.62. The van der Waals surface area contributed by atoms with E-state index in [0.29, 0.717) is 19.4 Å². The van der Waals surface area contributed by atoms with E-state index in [0.717, 1.165) is 4.88 Å². The van der Waals surface area contributed by atoms with Crippen molar-refractivity contribution in [2.75, 3.05) is 0 Å². The molecule has 5 heteroatoms. The van der Waals surface area contributed by atoms with Crippen LogP contribution in [0, 0.1) is 11.8 Å². The first-order valence-electron chi connectivity index (χ1n) is 5.86. The van der Waals surface area contributed by atoms with Crippen molar-refractivity contribution in [1.29, 1.82) is 0 Å². The Kier molecular flexibility index (Phi) is 4.15. The molecule has 0 aromatic carbocycles. The summed E-state index contributed by atoms with van der Waals surface area (Å²) in [6, 6.07) is 3.87. The standard InChI is InChI=1S/C13H15NO3S/c15-12(14-8-9-4-3-7-18-9)10-5-1-2-6-11(10)13(16)17/h1-4,7,10-11H,5-6,8H2,(H,14,15)(H,16,17)/t10-,11-/m0/s1. The summed E-state index contributed by atoms with van der Waals surface area (Å²) < 4.78 is 0. The first-order chi connectivity index (χ1) is 8.68. The first-order valence-corrected chi connectivity index (χ1v) is 6.74. The van der Waals surface area contributed by atoms with Crippen LogP contribution in [-0.2, 0) is 16.1 Å². The molecule has 0 spiro atoms. The molecule has 2 rings (SSSR count). The maximum atomic E-state index is 12.0. The van der Waals surface area contributed by atoms with Gasteiger partial charge in [0.05, 0.1) is 18.4 Å². The Morgan fingerprint density at radius 1 is 1.33 bits per heavy atom. The zero-order valence-corrected chi connectivity index (χ0v) is 10.7. The van der Waals surface area contributed by atoms with Gasteiger partial charge in [-0.1, -0.05) is 18.2 Å². The molecular weight excluding hydrogens is 250 g/mol. The highest BCUT2D eigenvalue weighted by molar-refractivity contribution is 7.09. The van der Waals surface area contributed by atoms with Crippen LogP contribution in [0.2, 0.25) is 0 Å². The Labute approximate surface area is 109 Å². The third-order valence-electron chi connectivity index (χ3n) is 3.10. The summed E-state index contributed by atoms with van der Waals surface area (Å²) >= 11 is 1.57. The Bertz CT molecular complexity index is 453. The van der Waals surface area contributed by atoms with Gasteiger partial charge in [-0.2, -0.15) is 0 Å². The van der Waals surface area contributed by atoms with Crippen LogP contribution in [0.3, 0.4) is 0 Å². The minimum atomic E-state index is -0.893. The number of hydrogen-bond donors (Lipinski definition) is 2. The molecule has 4 nitrogen and oxygen atoms in total. The van der Waals surface area contributed by atoms with Gasteiger partial charge in [0, 0.05) is 4.88 Å². The van der Waals surface area contributed by atoms with Gasteiger partial charge in [-0.25, -0.2) is 0 Å². The lowest BCUT2D eigenvalue weighted by Crippen LogP contribution is -2.38. The molecule has 0 saturated carbocycles. The molecule has 0 aliphatic heterocycles. The van der Waals surface area contributed by atoms with Crippen LogP contribution >= 0.6 is 11.3 Å². The second-order valence-electron chi connectivity index (χ2n) is 4.29. The topological polar surface area (TPSA) is 66.4 Å². The second-order valence-corrected chi connectivity index (χ2v) is 5.32. The molecule has 2 atom stereocenters. The van der Waals surface area contributed by atoms with E-state index in [1.165, 1.54) is 0 Å². The van der Waals surface area contributed by atoms with Gasteiger partial charge in [-0.05, 0) is 24.3 Å². The molecule has 0 saturated heterocycles. The highest BCUT2D eigenvalue weighted by atomic mass is 32.1. The second kappa shape index (κ2) is 5.82. The largest absolute Gasteiger partial charge is 0.481 e. The number of carboxylic acids is 1. The van der Waals surface area contributed by atoms with Crippen molar-refractivity contribution in [3.8, 4) is 0 Å². The summed E-state index contributed by atoms with van der Waals surface area (Å²) in [5.74, 6) is -2.11. The zero-order valence-electron chi connectivity index (χ0n) is 9.83. The number of carboxylic acid groups (broad SMARTS) is 1. The Morgan fingerprint density at radius 2 is 2.06 bits per heavy atom. The van der Waals surface area contributed by atoms with Gasteiger partial charge < -0.3 is 10.4 Å². The van der Waals surface area contributed by atoms with E-state index in [1.807, 2.05) is 29.7 Å². The minimum Gasteiger partial charge on any atom is -0.481 e. The number of nitrogens with one attached hydrogen (secondary N) is 1. The molecule has 0 fully saturated rings. The summed E-state index contributed by atoms with van der Waals surface area (Å²) in [6.45, 7) is 0.475. The van der Waals surface area contributed by atoms with Crippen molar-refractivity contribution in [3.05, 3.63) is 34.5 Å². The molecule has 0 radical (unpaired) electrons. The quantitative estimate of drug-likeness (QED) is 0.819. The Morgan fingerprint density at radius 3 is 2.67 bits per heavy atom.